The van der Waals surface area contributed by atoms with Crippen molar-refractivity contribution < 1.29 is 32.7 Å². The number of fused-ring (bicyclic) bond motifs is 5. The number of pyridine rings is 1. The highest BCUT2D eigenvalue weighted by Crippen LogP contribution is 2.40. The molecule has 4 amide bonds. The molecule has 3 fully saturated rings. The number of amides is 4. The number of rotatable bonds is 2. The van der Waals surface area contributed by atoms with E-state index in [1.807, 2.05) is 33.5 Å². The van der Waals surface area contributed by atoms with Crippen LogP contribution in [0.25, 0.3) is 16.6 Å². The molecule has 2 aromatic carbocycles. The number of nitrogens with one attached hydrogen (secondary N) is 2. The number of aryl methyl sites for hydroxylation is 1. The summed E-state index contributed by atoms with van der Waals surface area (Å²) in [6, 6.07) is 11.5. The molecular formula is C46H52F2N10O5. The zero-order valence-corrected chi connectivity index (χ0v) is 35.7. The van der Waals surface area contributed by atoms with Crippen LogP contribution in [0, 0.1) is 30.4 Å². The van der Waals surface area contributed by atoms with E-state index in [0.29, 0.717) is 102 Å². The van der Waals surface area contributed by atoms with E-state index in [0.717, 1.165) is 25.9 Å². The van der Waals surface area contributed by atoms with Crippen LogP contribution in [0.5, 0.6) is 0 Å². The Morgan fingerprint density at radius 3 is 2.41 bits per heavy atom. The number of imide groups is 1. The lowest BCUT2D eigenvalue weighted by molar-refractivity contribution is -0.134. The highest BCUT2D eigenvalue weighted by atomic mass is 19.1. The van der Waals surface area contributed by atoms with Gasteiger partial charge in [0.05, 0.1) is 34.8 Å². The van der Waals surface area contributed by atoms with Crippen molar-refractivity contribution in [2.45, 2.75) is 76.4 Å². The summed E-state index contributed by atoms with van der Waals surface area (Å²) in [6.45, 7) is 5.02. The van der Waals surface area contributed by atoms with E-state index >= 15 is 8.78 Å². The number of hydrogen-bond donors (Lipinski definition) is 3. The van der Waals surface area contributed by atoms with Crippen LogP contribution in [0.4, 0.5) is 20.4 Å². The molecular weight excluding hydrogens is 811 g/mol. The normalized spacial score (nSPS) is 27.2. The summed E-state index contributed by atoms with van der Waals surface area (Å²) < 4.78 is 40.5. The van der Waals surface area contributed by atoms with Crippen LogP contribution in [0.15, 0.2) is 53.7 Å². The van der Waals surface area contributed by atoms with E-state index in [9.17, 15) is 19.2 Å². The number of anilines is 2. The lowest BCUT2D eigenvalue weighted by Crippen LogP contribution is -2.57. The molecule has 0 saturated carbocycles. The number of benzene rings is 2. The second-order valence-corrected chi connectivity index (χ2v) is 17.4. The Balaban J connectivity index is 1.15. The van der Waals surface area contributed by atoms with Gasteiger partial charge in [-0.3, -0.25) is 44.7 Å². The molecule has 0 spiro atoms. The van der Waals surface area contributed by atoms with Gasteiger partial charge in [0.15, 0.2) is 0 Å². The van der Waals surface area contributed by atoms with Crippen molar-refractivity contribution in [3.05, 3.63) is 88.4 Å². The van der Waals surface area contributed by atoms with Gasteiger partial charge < -0.3 is 24.8 Å². The number of aromatic nitrogens is 3. The molecule has 0 radical (unpaired) electrons. The predicted octanol–water partition coefficient (Wildman–Crippen LogP) is 4.99. The van der Waals surface area contributed by atoms with Crippen LogP contribution in [0.1, 0.15) is 88.5 Å². The zero-order valence-electron chi connectivity index (χ0n) is 35.7. The maximum absolute atomic E-state index is 16.1. The summed E-state index contributed by atoms with van der Waals surface area (Å²) in [5, 5.41) is 5.31. The molecule has 15 nitrogen and oxygen atoms in total. The largest absolute Gasteiger partial charge is 0.477 e. The summed E-state index contributed by atoms with van der Waals surface area (Å²) in [6.07, 6.45) is 4.97. The number of hydrogen-bond acceptors (Lipinski definition) is 11. The fraction of sp³-hybridized carbons (Fsp3) is 0.457. The molecule has 6 aliphatic rings. The van der Waals surface area contributed by atoms with Crippen LogP contribution in [-0.4, -0.2) is 113 Å². The summed E-state index contributed by atoms with van der Waals surface area (Å²) in [5.74, 6) is -3.96. The molecule has 8 bridgehead atoms. The number of carbonyl (C=O) groups is 4. The van der Waals surface area contributed by atoms with E-state index in [1.165, 1.54) is 18.3 Å². The Hall–Kier alpha value is -6.23. The van der Waals surface area contributed by atoms with Crippen molar-refractivity contribution in [2.75, 3.05) is 57.1 Å². The predicted molar refractivity (Wildman–Crippen MR) is 233 cm³/mol. The van der Waals surface area contributed by atoms with Gasteiger partial charge in [0.1, 0.15) is 11.6 Å². The second-order valence-electron chi connectivity index (χ2n) is 17.4. The Morgan fingerprint density at radius 2 is 1.68 bits per heavy atom. The van der Waals surface area contributed by atoms with Gasteiger partial charge in [-0.05, 0) is 99.7 Å². The van der Waals surface area contributed by atoms with E-state index in [2.05, 4.69) is 25.5 Å². The summed E-state index contributed by atoms with van der Waals surface area (Å²) in [4.78, 5) is 73.3. The molecule has 4 atom stereocenters. The molecule has 2 aromatic heterocycles. The molecule has 2 unspecified atom stereocenters. The fourth-order valence-corrected chi connectivity index (χ4v) is 10.5. The van der Waals surface area contributed by atoms with Crippen LogP contribution in [-0.2, 0) is 20.9 Å². The average Bonchev–Trinajstić information content (AvgIpc) is 3.61. The van der Waals surface area contributed by atoms with Crippen molar-refractivity contribution in [2.24, 2.45) is 22.6 Å². The number of imidazole rings is 1. The second kappa shape index (κ2) is 17.1. The molecule has 63 heavy (non-hydrogen) atoms. The highest BCUT2D eigenvalue weighted by molar-refractivity contribution is 6.19. The zero-order chi connectivity index (χ0) is 44.1. The average molecular weight is 863 g/mol. The Labute approximate surface area is 363 Å². The van der Waals surface area contributed by atoms with Gasteiger partial charge in [-0.25, -0.2) is 13.8 Å². The molecule has 4 aromatic rings. The lowest BCUT2D eigenvalue weighted by atomic mass is 9.77. The molecule has 8 heterocycles. The monoisotopic (exact) mass is 862 g/mol. The number of nitrogens with two attached hydrogens (primary N) is 1. The van der Waals surface area contributed by atoms with Gasteiger partial charge >= 0.3 is 0 Å². The first kappa shape index (κ1) is 42.1. The van der Waals surface area contributed by atoms with Crippen LogP contribution in [0.3, 0.4) is 0 Å². The van der Waals surface area contributed by atoms with Crippen molar-refractivity contribution in [3.8, 4) is 0 Å². The topological polar surface area (TPSA) is 180 Å². The summed E-state index contributed by atoms with van der Waals surface area (Å²) in [5.41, 5.74) is 9.80. The quantitative estimate of drug-likeness (QED) is 0.233. The number of carbonyl (C=O) groups excluding carboxylic acids is 4. The van der Waals surface area contributed by atoms with E-state index < -0.39 is 35.3 Å². The number of halogens is 2. The molecule has 4 N–H and O–H groups in total. The van der Waals surface area contributed by atoms with Gasteiger partial charge in [0, 0.05) is 99.6 Å². The van der Waals surface area contributed by atoms with E-state index in [4.69, 9.17) is 15.5 Å². The standard InChI is InChI=1S/C46H52F2N10O5/c1-25-17-28-18-37(51-25)32(22-49)44(50-2)63-16-4-5-27-23-58-39-19-26(6-8-36(39)52-46(58)54-42(28)60)45(62)55(3)29-10-13-56(14-11-29)38-12-15-57(24-33(27)38)30-20-34(47)41(35(48)21-30)31-7-9-40(59)53-43(31)61/h6,8,17-22,27,29,31,33,38H,4-5,7,9-16,23-24,49H2,1-3H3,(H,52,54,60)(H,53,59,61)/t27-,31-,33?,38?/m1/s1. The Bertz CT molecular complexity index is 2540. The van der Waals surface area contributed by atoms with E-state index in [1.54, 1.807) is 32.2 Å². The third-order valence-electron chi connectivity index (χ3n) is 13.8. The van der Waals surface area contributed by atoms with E-state index in [-0.39, 0.29) is 48.2 Å². The molecule has 3 saturated heterocycles. The molecule has 17 heteroatoms. The van der Waals surface area contributed by atoms with Crippen molar-refractivity contribution in [1.29, 1.82) is 0 Å². The fourth-order valence-electron chi connectivity index (χ4n) is 10.5. The van der Waals surface area contributed by atoms with Gasteiger partial charge in [0.25, 0.3) is 11.8 Å². The minimum Gasteiger partial charge on any atom is -0.477 e. The summed E-state index contributed by atoms with van der Waals surface area (Å²) in [7, 11) is 3.48. The first-order chi connectivity index (χ1) is 30.4. The van der Waals surface area contributed by atoms with Crippen LogP contribution < -0.4 is 21.3 Å². The molecule has 10 rings (SSSR count). The third-order valence-corrected chi connectivity index (χ3v) is 13.8. The molecule has 6 aliphatic heterocycles. The smallest absolute Gasteiger partial charge is 0.258 e. The van der Waals surface area contributed by atoms with Gasteiger partial charge in [-0.15, -0.1) is 0 Å². The molecule has 0 aliphatic carbocycles. The Morgan fingerprint density at radius 1 is 0.905 bits per heavy atom. The minimum absolute atomic E-state index is 0.00270. The third kappa shape index (κ3) is 8.02. The van der Waals surface area contributed by atoms with Gasteiger partial charge in [-0.1, -0.05) is 0 Å². The Kier molecular flexibility index (Phi) is 11.5. The minimum atomic E-state index is -1.10. The SMILES string of the molecule is CN=C1OCCC[C@@H]2Cn3c(nc4ccc(cc43)C(=O)N(C)C3CCN(CC3)C3CCN(c4cc(F)c([C@H]5CCC(=O)NC5=O)c(F)c4)CC32)NC(=O)c2cc(C)nc(c2)C1=CN. The lowest BCUT2D eigenvalue weighted by Gasteiger charge is -2.50. The van der Waals surface area contributed by atoms with Crippen molar-refractivity contribution in [3.63, 3.8) is 0 Å². The number of nitrogens with zero attached hydrogens (tertiary/aromatic N) is 7. The number of aliphatic imine (C=N–C) groups is 1. The van der Waals surface area contributed by atoms with Crippen molar-refractivity contribution in [1.82, 2.24) is 29.7 Å². The van der Waals surface area contributed by atoms with Crippen molar-refractivity contribution >= 4 is 57.8 Å². The number of piperidine rings is 3. The van der Waals surface area contributed by atoms with Gasteiger partial charge in [0.2, 0.25) is 23.7 Å². The highest BCUT2D eigenvalue weighted by Gasteiger charge is 2.42. The first-order valence-corrected chi connectivity index (χ1v) is 21.8. The maximum Gasteiger partial charge on any atom is 0.258 e. The maximum atomic E-state index is 16.1. The van der Waals surface area contributed by atoms with Gasteiger partial charge in [-0.2, -0.15) is 0 Å². The molecule has 330 valence electrons. The number of ether oxygens (including phenoxy) is 1. The summed E-state index contributed by atoms with van der Waals surface area (Å²) >= 11 is 0. The van der Waals surface area contributed by atoms with Crippen LogP contribution >= 0.6 is 0 Å². The first-order valence-electron chi connectivity index (χ1n) is 21.8. The van der Waals surface area contributed by atoms with Crippen LogP contribution in [0.2, 0.25) is 0 Å².